The summed E-state index contributed by atoms with van der Waals surface area (Å²) in [4.78, 5) is 9.62. The minimum Gasteiger partial charge on any atom is -0.281 e. The molecule has 2 rings (SSSR count). The highest BCUT2D eigenvalue weighted by Gasteiger charge is 2.26. The summed E-state index contributed by atoms with van der Waals surface area (Å²) in [5, 5.41) is 17.2. The Balaban J connectivity index is 2.46. The molecule has 0 spiro atoms. The van der Waals surface area contributed by atoms with Gasteiger partial charge in [0.25, 0.3) is 15.7 Å². The number of benzene rings is 1. The number of hydrogen-bond donors (Lipinski definition) is 2. The standard InChI is InChI=1S/C10H9ClN4O4S/c1-6-4-10(13-12-6)14-20(18,19)9-3-2-7(11)5-8(9)15(16)17/h2-5H,1H3,(H2,12,13,14). The van der Waals surface area contributed by atoms with Crippen LogP contribution in [0.25, 0.3) is 0 Å². The van der Waals surface area contributed by atoms with Crippen molar-refractivity contribution in [3.05, 3.63) is 45.1 Å². The molecular weight excluding hydrogens is 308 g/mol. The zero-order valence-electron chi connectivity index (χ0n) is 10.1. The third-order valence-electron chi connectivity index (χ3n) is 2.35. The van der Waals surface area contributed by atoms with Crippen molar-refractivity contribution in [2.45, 2.75) is 11.8 Å². The third-order valence-corrected chi connectivity index (χ3v) is 3.99. The van der Waals surface area contributed by atoms with E-state index in [1.807, 2.05) is 0 Å². The van der Waals surface area contributed by atoms with Gasteiger partial charge in [-0.3, -0.25) is 19.9 Å². The van der Waals surface area contributed by atoms with Gasteiger partial charge in [0, 0.05) is 22.8 Å². The largest absolute Gasteiger partial charge is 0.291 e. The monoisotopic (exact) mass is 316 g/mol. The molecule has 0 unspecified atom stereocenters. The Kier molecular flexibility index (Phi) is 3.64. The molecule has 2 N–H and O–H groups in total. The highest BCUT2D eigenvalue weighted by Crippen LogP contribution is 2.28. The van der Waals surface area contributed by atoms with Crippen LogP contribution in [0, 0.1) is 17.0 Å². The maximum Gasteiger partial charge on any atom is 0.291 e. The van der Waals surface area contributed by atoms with Crippen LogP contribution >= 0.6 is 11.6 Å². The van der Waals surface area contributed by atoms with Crippen molar-refractivity contribution in [1.82, 2.24) is 10.2 Å². The molecule has 2 aromatic rings. The van der Waals surface area contributed by atoms with Gasteiger partial charge in [-0.15, -0.1) is 0 Å². The van der Waals surface area contributed by atoms with Crippen LogP contribution in [0.3, 0.4) is 0 Å². The first-order valence-electron chi connectivity index (χ1n) is 5.28. The van der Waals surface area contributed by atoms with Gasteiger partial charge in [0.2, 0.25) is 0 Å². The molecule has 8 nitrogen and oxygen atoms in total. The number of H-pyrrole nitrogens is 1. The van der Waals surface area contributed by atoms with Gasteiger partial charge in [0.1, 0.15) is 0 Å². The van der Waals surface area contributed by atoms with Crippen LogP contribution in [0.5, 0.6) is 0 Å². The van der Waals surface area contributed by atoms with E-state index in [4.69, 9.17) is 11.6 Å². The van der Waals surface area contributed by atoms with Crippen molar-refractivity contribution in [3.8, 4) is 0 Å². The number of nitrogens with zero attached hydrogens (tertiary/aromatic N) is 2. The number of nitro groups is 1. The molecular formula is C10H9ClN4O4S. The van der Waals surface area contributed by atoms with Gasteiger partial charge in [-0.25, -0.2) is 8.42 Å². The summed E-state index contributed by atoms with van der Waals surface area (Å²) in [6, 6.07) is 4.77. The number of hydrogen-bond acceptors (Lipinski definition) is 5. The van der Waals surface area contributed by atoms with Gasteiger partial charge in [-0.1, -0.05) is 11.6 Å². The lowest BCUT2D eigenvalue weighted by molar-refractivity contribution is -0.387. The third kappa shape index (κ3) is 2.89. The average Bonchev–Trinajstić information content (AvgIpc) is 2.73. The molecule has 1 aromatic carbocycles. The molecule has 20 heavy (non-hydrogen) atoms. The van der Waals surface area contributed by atoms with Crippen LogP contribution in [0.2, 0.25) is 5.02 Å². The molecule has 10 heteroatoms. The predicted octanol–water partition coefficient (Wildman–Crippen LogP) is 2.08. The highest BCUT2D eigenvalue weighted by molar-refractivity contribution is 7.92. The Morgan fingerprint density at radius 2 is 2.10 bits per heavy atom. The number of aromatic nitrogens is 2. The maximum atomic E-state index is 12.1. The number of aromatic amines is 1. The van der Waals surface area contributed by atoms with E-state index < -0.39 is 25.5 Å². The minimum absolute atomic E-state index is 0.0479. The van der Waals surface area contributed by atoms with E-state index >= 15 is 0 Å². The van der Waals surface area contributed by atoms with Crippen LogP contribution in [0.1, 0.15) is 5.69 Å². The molecule has 106 valence electrons. The van der Waals surface area contributed by atoms with Gasteiger partial charge in [-0.2, -0.15) is 5.10 Å². The topological polar surface area (TPSA) is 118 Å². The quantitative estimate of drug-likeness (QED) is 0.661. The number of sulfonamides is 1. The second-order valence-corrected chi connectivity index (χ2v) is 6.00. The number of aryl methyl sites for hydroxylation is 1. The van der Waals surface area contributed by atoms with Crippen molar-refractivity contribution in [3.63, 3.8) is 0 Å². The molecule has 0 saturated heterocycles. The first kappa shape index (κ1) is 14.3. The van der Waals surface area contributed by atoms with Gasteiger partial charge in [-0.05, 0) is 19.1 Å². The van der Waals surface area contributed by atoms with Crippen molar-refractivity contribution < 1.29 is 13.3 Å². The van der Waals surface area contributed by atoms with Crippen LogP contribution in [-0.4, -0.2) is 23.5 Å². The van der Waals surface area contributed by atoms with Crippen LogP contribution in [0.4, 0.5) is 11.5 Å². The van der Waals surface area contributed by atoms with E-state index in [2.05, 4.69) is 14.9 Å². The van der Waals surface area contributed by atoms with E-state index in [0.29, 0.717) is 5.69 Å². The fraction of sp³-hybridized carbons (Fsp3) is 0.100. The first-order chi connectivity index (χ1) is 9.29. The SMILES string of the molecule is Cc1cc(NS(=O)(=O)c2ccc(Cl)cc2[N+](=O)[O-])n[nH]1. The number of nitro benzene ring substituents is 1. The van der Waals surface area contributed by atoms with Gasteiger partial charge in [0.15, 0.2) is 10.7 Å². The van der Waals surface area contributed by atoms with E-state index in [9.17, 15) is 18.5 Å². The lowest BCUT2D eigenvalue weighted by Gasteiger charge is -2.06. The Morgan fingerprint density at radius 1 is 1.40 bits per heavy atom. The van der Waals surface area contributed by atoms with E-state index in [0.717, 1.165) is 12.1 Å². The number of rotatable bonds is 4. The number of nitrogens with one attached hydrogen (secondary N) is 2. The molecule has 0 aliphatic heterocycles. The lowest BCUT2D eigenvalue weighted by Crippen LogP contribution is -2.15. The Bertz CT molecular complexity index is 771. The normalized spacial score (nSPS) is 11.3. The molecule has 1 heterocycles. The van der Waals surface area contributed by atoms with E-state index in [1.54, 1.807) is 6.92 Å². The fourth-order valence-corrected chi connectivity index (χ4v) is 2.84. The summed E-state index contributed by atoms with van der Waals surface area (Å²) in [6.07, 6.45) is 0. The Labute approximate surface area is 119 Å². The van der Waals surface area contributed by atoms with E-state index in [-0.39, 0.29) is 10.8 Å². The molecule has 1 aromatic heterocycles. The fourth-order valence-electron chi connectivity index (χ4n) is 1.52. The highest BCUT2D eigenvalue weighted by atomic mass is 35.5. The molecule has 0 aliphatic rings. The molecule has 0 atom stereocenters. The van der Waals surface area contributed by atoms with Crippen LogP contribution in [0.15, 0.2) is 29.2 Å². The zero-order chi connectivity index (χ0) is 14.9. The summed E-state index contributed by atoms with van der Waals surface area (Å²) in [6.45, 7) is 1.69. The van der Waals surface area contributed by atoms with Crippen LogP contribution < -0.4 is 4.72 Å². The van der Waals surface area contributed by atoms with Crippen molar-refractivity contribution >= 4 is 33.1 Å². The zero-order valence-corrected chi connectivity index (χ0v) is 11.7. The van der Waals surface area contributed by atoms with Crippen molar-refractivity contribution in [2.24, 2.45) is 0 Å². The smallest absolute Gasteiger partial charge is 0.281 e. The van der Waals surface area contributed by atoms with Crippen molar-refractivity contribution in [2.75, 3.05) is 4.72 Å². The van der Waals surface area contributed by atoms with Gasteiger partial charge >= 0.3 is 0 Å². The number of halogens is 1. The Morgan fingerprint density at radius 3 is 2.65 bits per heavy atom. The van der Waals surface area contributed by atoms with Crippen molar-refractivity contribution in [1.29, 1.82) is 0 Å². The lowest BCUT2D eigenvalue weighted by atomic mass is 10.3. The molecule has 0 radical (unpaired) electrons. The Hall–Kier alpha value is -2.13. The summed E-state index contributed by atoms with van der Waals surface area (Å²) in [5.74, 6) is 0.0479. The molecule has 0 aliphatic carbocycles. The first-order valence-corrected chi connectivity index (χ1v) is 7.14. The molecule has 0 fully saturated rings. The average molecular weight is 317 g/mol. The summed E-state index contributed by atoms with van der Waals surface area (Å²) in [7, 11) is -4.13. The minimum atomic E-state index is -4.13. The maximum absolute atomic E-state index is 12.1. The summed E-state index contributed by atoms with van der Waals surface area (Å²) in [5.41, 5.74) is 0.0468. The van der Waals surface area contributed by atoms with Crippen LogP contribution in [-0.2, 0) is 10.0 Å². The second kappa shape index (κ2) is 5.10. The summed E-state index contributed by atoms with van der Waals surface area (Å²) >= 11 is 5.64. The van der Waals surface area contributed by atoms with Gasteiger partial charge < -0.3 is 0 Å². The summed E-state index contributed by atoms with van der Waals surface area (Å²) < 4.78 is 26.4. The molecule has 0 bridgehead atoms. The van der Waals surface area contributed by atoms with Gasteiger partial charge in [0.05, 0.1) is 4.92 Å². The van der Waals surface area contributed by atoms with E-state index in [1.165, 1.54) is 12.1 Å². The second-order valence-electron chi connectivity index (χ2n) is 3.91. The molecule has 0 amide bonds. The predicted molar refractivity (Wildman–Crippen MR) is 72.2 cm³/mol. The molecule has 0 saturated carbocycles. The number of anilines is 1.